The number of carbonyl (C=O) groups is 3. The van der Waals surface area contributed by atoms with Gasteiger partial charge in [-0.25, -0.2) is 9.59 Å². The molecule has 0 amide bonds. The summed E-state index contributed by atoms with van der Waals surface area (Å²) in [6.45, 7) is 9.14. The summed E-state index contributed by atoms with van der Waals surface area (Å²) < 4.78 is 15.7. The van der Waals surface area contributed by atoms with Gasteiger partial charge in [-0.3, -0.25) is 4.79 Å². The second-order valence-electron chi connectivity index (χ2n) is 6.21. The fourth-order valence-electron chi connectivity index (χ4n) is 2.85. The Balaban J connectivity index is 2.13. The minimum atomic E-state index is -0.981. The lowest BCUT2D eigenvalue weighted by Gasteiger charge is -2.13. The first-order valence-corrected chi connectivity index (χ1v) is 9.14. The molecule has 1 aromatic heterocycles. The number of benzene rings is 1. The minimum absolute atomic E-state index is 0.205. The van der Waals surface area contributed by atoms with Gasteiger partial charge in [0.05, 0.1) is 18.8 Å². The molecule has 0 spiro atoms. The lowest BCUT2D eigenvalue weighted by molar-refractivity contribution is 0.0317. The van der Waals surface area contributed by atoms with E-state index in [1.165, 1.54) is 6.92 Å². The van der Waals surface area contributed by atoms with Crippen LogP contribution in [0.5, 0.6) is 5.75 Å². The van der Waals surface area contributed by atoms with E-state index in [-0.39, 0.29) is 23.6 Å². The number of aromatic nitrogens is 1. The van der Waals surface area contributed by atoms with Gasteiger partial charge >= 0.3 is 11.9 Å². The van der Waals surface area contributed by atoms with Crippen molar-refractivity contribution in [3.05, 3.63) is 52.3 Å². The van der Waals surface area contributed by atoms with Gasteiger partial charge in [0.2, 0.25) is 5.78 Å². The monoisotopic (exact) mass is 387 g/mol. The highest BCUT2D eigenvalue weighted by atomic mass is 16.5. The van der Waals surface area contributed by atoms with Gasteiger partial charge in [-0.15, -0.1) is 0 Å². The van der Waals surface area contributed by atoms with Crippen molar-refractivity contribution in [2.75, 3.05) is 13.2 Å². The second kappa shape index (κ2) is 9.21. The smallest absolute Gasteiger partial charge is 0.355 e. The third kappa shape index (κ3) is 4.60. The molecule has 0 aliphatic carbocycles. The zero-order valence-electron chi connectivity index (χ0n) is 16.8. The molecule has 2 aromatic rings. The third-order valence-corrected chi connectivity index (χ3v) is 4.22. The Morgan fingerprint density at radius 2 is 1.64 bits per heavy atom. The summed E-state index contributed by atoms with van der Waals surface area (Å²) in [4.78, 5) is 40.0. The molecule has 1 heterocycles. The number of hydrogen-bond acceptors (Lipinski definition) is 6. The first kappa shape index (κ1) is 21.2. The van der Waals surface area contributed by atoms with Crippen molar-refractivity contribution in [1.29, 1.82) is 0 Å². The fourth-order valence-corrected chi connectivity index (χ4v) is 2.85. The van der Waals surface area contributed by atoms with E-state index in [1.807, 2.05) is 6.92 Å². The van der Waals surface area contributed by atoms with Gasteiger partial charge in [0, 0.05) is 11.3 Å². The van der Waals surface area contributed by atoms with Crippen LogP contribution in [0, 0.1) is 13.8 Å². The van der Waals surface area contributed by atoms with Crippen molar-refractivity contribution in [2.45, 2.75) is 40.7 Å². The van der Waals surface area contributed by atoms with E-state index < -0.39 is 18.0 Å². The highest BCUT2D eigenvalue weighted by Gasteiger charge is 2.27. The van der Waals surface area contributed by atoms with Crippen LogP contribution in [0.25, 0.3) is 0 Å². The number of carbonyl (C=O) groups excluding carboxylic acids is 3. The quantitative estimate of drug-likeness (QED) is 0.549. The molecule has 0 aliphatic heterocycles. The number of esters is 2. The summed E-state index contributed by atoms with van der Waals surface area (Å²) in [6, 6.07) is 6.64. The van der Waals surface area contributed by atoms with Gasteiger partial charge < -0.3 is 19.2 Å². The van der Waals surface area contributed by atoms with Crippen molar-refractivity contribution in [1.82, 2.24) is 4.98 Å². The van der Waals surface area contributed by atoms with Crippen molar-refractivity contribution in [3.8, 4) is 5.75 Å². The van der Waals surface area contributed by atoms with E-state index in [2.05, 4.69) is 4.98 Å². The number of nitrogens with one attached hydrogen (secondary N) is 1. The van der Waals surface area contributed by atoms with Gasteiger partial charge in [-0.1, -0.05) is 0 Å². The van der Waals surface area contributed by atoms with Gasteiger partial charge in [-0.05, 0) is 64.4 Å². The maximum Gasteiger partial charge on any atom is 0.355 e. The molecule has 0 radical (unpaired) electrons. The van der Waals surface area contributed by atoms with E-state index in [0.717, 1.165) is 0 Å². The summed E-state index contributed by atoms with van der Waals surface area (Å²) in [6.07, 6.45) is -0.981. The lowest BCUT2D eigenvalue weighted by Crippen LogP contribution is -2.25. The average Bonchev–Trinajstić information content (AvgIpc) is 2.96. The van der Waals surface area contributed by atoms with Crippen LogP contribution < -0.4 is 4.74 Å². The second-order valence-corrected chi connectivity index (χ2v) is 6.21. The Hall–Kier alpha value is -3.09. The molecule has 7 nitrogen and oxygen atoms in total. The number of Topliss-reactive ketones (excluding diaryl/α,β-unsaturated/α-hetero) is 1. The first-order valence-electron chi connectivity index (χ1n) is 9.14. The zero-order valence-corrected chi connectivity index (χ0v) is 16.8. The van der Waals surface area contributed by atoms with Crippen LogP contribution in [0.1, 0.15) is 63.2 Å². The number of ketones is 1. The molecule has 1 aromatic carbocycles. The topological polar surface area (TPSA) is 94.7 Å². The van der Waals surface area contributed by atoms with Gasteiger partial charge in [0.1, 0.15) is 11.4 Å². The van der Waals surface area contributed by atoms with Crippen LogP contribution in [0.3, 0.4) is 0 Å². The normalized spacial score (nSPS) is 11.6. The number of aromatic amines is 1. The Kier molecular flexibility index (Phi) is 6.98. The van der Waals surface area contributed by atoms with Crippen LogP contribution in [-0.4, -0.2) is 42.0 Å². The molecule has 0 saturated carbocycles. The van der Waals surface area contributed by atoms with Crippen LogP contribution in [0.2, 0.25) is 0 Å². The molecule has 1 atom stereocenters. The van der Waals surface area contributed by atoms with Crippen molar-refractivity contribution < 1.29 is 28.6 Å². The van der Waals surface area contributed by atoms with E-state index in [4.69, 9.17) is 14.2 Å². The molecule has 2 rings (SSSR count). The zero-order chi connectivity index (χ0) is 20.8. The Morgan fingerprint density at radius 1 is 1.00 bits per heavy atom. The molecule has 150 valence electrons. The molecule has 28 heavy (non-hydrogen) atoms. The molecule has 0 bridgehead atoms. The van der Waals surface area contributed by atoms with Crippen molar-refractivity contribution in [2.24, 2.45) is 0 Å². The molecule has 0 saturated heterocycles. The predicted octanol–water partition coefficient (Wildman–Crippen LogP) is 3.64. The van der Waals surface area contributed by atoms with Crippen LogP contribution >= 0.6 is 0 Å². The standard InChI is InChI=1S/C21H25NO6/c1-6-26-16-10-8-15(9-11-16)19(23)14(5)28-20(24)17-12(3)18(22-13(17)4)21(25)27-7-2/h8-11,14,22H,6-7H2,1-5H3/t14-/m0/s1. The number of H-pyrrole nitrogens is 1. The van der Waals surface area contributed by atoms with Crippen LogP contribution in [0.15, 0.2) is 24.3 Å². The average molecular weight is 387 g/mol. The maximum absolute atomic E-state index is 12.6. The van der Waals surface area contributed by atoms with Crippen LogP contribution in [-0.2, 0) is 9.47 Å². The molecular weight excluding hydrogens is 362 g/mol. The summed E-state index contributed by atoms with van der Waals surface area (Å²) in [5.41, 5.74) is 1.76. The molecule has 0 fully saturated rings. The van der Waals surface area contributed by atoms with Gasteiger partial charge in [0.25, 0.3) is 0 Å². The number of ether oxygens (including phenoxy) is 3. The Morgan fingerprint density at radius 3 is 2.21 bits per heavy atom. The van der Waals surface area contributed by atoms with Crippen LogP contribution in [0.4, 0.5) is 0 Å². The summed E-state index contributed by atoms with van der Waals surface area (Å²) in [7, 11) is 0. The molecule has 1 N–H and O–H groups in total. The van der Waals surface area contributed by atoms with Crippen molar-refractivity contribution >= 4 is 17.7 Å². The van der Waals surface area contributed by atoms with E-state index in [9.17, 15) is 14.4 Å². The molecule has 0 unspecified atom stereocenters. The number of rotatable bonds is 8. The molecule has 0 aliphatic rings. The first-order chi connectivity index (χ1) is 13.3. The molecule has 7 heteroatoms. The summed E-state index contributed by atoms with van der Waals surface area (Å²) in [5, 5.41) is 0. The number of aryl methyl sites for hydroxylation is 1. The Bertz CT molecular complexity index is 866. The van der Waals surface area contributed by atoms with Gasteiger partial charge in [-0.2, -0.15) is 0 Å². The van der Waals surface area contributed by atoms with E-state index >= 15 is 0 Å². The highest BCUT2D eigenvalue weighted by molar-refractivity contribution is 6.03. The lowest BCUT2D eigenvalue weighted by atomic mass is 10.1. The van der Waals surface area contributed by atoms with Gasteiger partial charge in [0.15, 0.2) is 6.10 Å². The minimum Gasteiger partial charge on any atom is -0.494 e. The predicted molar refractivity (Wildman–Crippen MR) is 103 cm³/mol. The van der Waals surface area contributed by atoms with E-state index in [1.54, 1.807) is 45.0 Å². The fraction of sp³-hybridized carbons (Fsp3) is 0.381. The summed E-state index contributed by atoms with van der Waals surface area (Å²) in [5.74, 6) is -0.879. The number of hydrogen-bond donors (Lipinski definition) is 1. The third-order valence-electron chi connectivity index (χ3n) is 4.22. The maximum atomic E-state index is 12.6. The van der Waals surface area contributed by atoms with E-state index in [0.29, 0.717) is 29.2 Å². The SMILES string of the molecule is CCOC(=O)c1[nH]c(C)c(C(=O)O[C@@H](C)C(=O)c2ccc(OCC)cc2)c1C. The Labute approximate surface area is 164 Å². The van der Waals surface area contributed by atoms with Crippen molar-refractivity contribution in [3.63, 3.8) is 0 Å². The summed E-state index contributed by atoms with van der Waals surface area (Å²) >= 11 is 0. The largest absolute Gasteiger partial charge is 0.494 e. The molecular formula is C21H25NO6. The highest BCUT2D eigenvalue weighted by Crippen LogP contribution is 2.21.